The SMILES string of the molecule is COc1cc(OCc2ccccn2)ccc1/C=C/C(=O)CC(=O)/C=C/c1ccc2[nH]ccc2c1. The van der Waals surface area contributed by atoms with Gasteiger partial charge in [-0.3, -0.25) is 14.6 Å². The van der Waals surface area contributed by atoms with Crippen molar-refractivity contribution in [1.29, 1.82) is 0 Å². The lowest BCUT2D eigenvalue weighted by atomic mass is 10.1. The Bertz CT molecular complexity index is 1350. The summed E-state index contributed by atoms with van der Waals surface area (Å²) in [4.78, 5) is 31.9. The molecule has 0 aliphatic heterocycles. The lowest BCUT2D eigenvalue weighted by molar-refractivity contribution is -0.121. The van der Waals surface area contributed by atoms with Gasteiger partial charge in [0.05, 0.1) is 19.2 Å². The third-order valence-corrected chi connectivity index (χ3v) is 5.15. The average Bonchev–Trinajstić information content (AvgIpc) is 3.34. The fourth-order valence-corrected chi connectivity index (χ4v) is 3.40. The maximum atomic E-state index is 12.3. The van der Waals surface area contributed by atoms with Crippen LogP contribution < -0.4 is 9.47 Å². The van der Waals surface area contributed by atoms with Crippen LogP contribution in [0.15, 0.2) is 85.2 Å². The molecule has 2 aromatic carbocycles. The third-order valence-electron chi connectivity index (χ3n) is 5.15. The number of aromatic amines is 1. The summed E-state index contributed by atoms with van der Waals surface area (Å²) in [7, 11) is 1.55. The first-order chi connectivity index (χ1) is 16.6. The number of methoxy groups -OCH3 is 1. The smallest absolute Gasteiger partial charge is 0.163 e. The van der Waals surface area contributed by atoms with Crippen LogP contribution in [0.1, 0.15) is 23.2 Å². The topological polar surface area (TPSA) is 81.3 Å². The Morgan fingerprint density at radius 3 is 2.62 bits per heavy atom. The molecule has 2 aromatic heterocycles. The van der Waals surface area contributed by atoms with Crippen molar-refractivity contribution in [1.82, 2.24) is 9.97 Å². The van der Waals surface area contributed by atoms with E-state index in [1.807, 2.05) is 48.7 Å². The molecule has 4 rings (SSSR count). The first-order valence-electron chi connectivity index (χ1n) is 10.8. The number of hydrogen-bond donors (Lipinski definition) is 1. The quantitative estimate of drug-likeness (QED) is 0.257. The van der Waals surface area contributed by atoms with Crippen LogP contribution >= 0.6 is 0 Å². The van der Waals surface area contributed by atoms with Crippen LogP contribution in [0.5, 0.6) is 11.5 Å². The highest BCUT2D eigenvalue weighted by molar-refractivity contribution is 6.11. The third kappa shape index (κ3) is 6.07. The Balaban J connectivity index is 1.33. The molecule has 0 aliphatic rings. The van der Waals surface area contributed by atoms with Gasteiger partial charge in [0.1, 0.15) is 18.1 Å². The van der Waals surface area contributed by atoms with Gasteiger partial charge in [-0.2, -0.15) is 0 Å². The molecule has 0 aliphatic carbocycles. The number of pyridine rings is 1. The Hall–Kier alpha value is -4.45. The molecule has 0 atom stereocenters. The predicted octanol–water partition coefficient (Wildman–Crippen LogP) is 5.41. The lowest BCUT2D eigenvalue weighted by Gasteiger charge is -2.09. The molecule has 0 saturated carbocycles. The fourth-order valence-electron chi connectivity index (χ4n) is 3.40. The molecular formula is C28H24N2O4. The molecule has 34 heavy (non-hydrogen) atoms. The first-order valence-corrected chi connectivity index (χ1v) is 10.8. The van der Waals surface area contributed by atoms with Gasteiger partial charge in [-0.05, 0) is 71.6 Å². The number of fused-ring (bicyclic) bond motifs is 1. The molecule has 170 valence electrons. The molecule has 0 spiro atoms. The molecule has 6 nitrogen and oxygen atoms in total. The van der Waals surface area contributed by atoms with Crippen molar-refractivity contribution in [3.63, 3.8) is 0 Å². The molecule has 0 bridgehead atoms. The molecule has 0 amide bonds. The number of H-pyrrole nitrogens is 1. The van der Waals surface area contributed by atoms with E-state index < -0.39 is 0 Å². The van der Waals surface area contributed by atoms with E-state index in [9.17, 15) is 9.59 Å². The molecule has 2 heterocycles. The van der Waals surface area contributed by atoms with E-state index in [1.54, 1.807) is 43.7 Å². The van der Waals surface area contributed by atoms with Crippen LogP contribution in [0.3, 0.4) is 0 Å². The minimum Gasteiger partial charge on any atom is -0.496 e. The van der Waals surface area contributed by atoms with Crippen molar-refractivity contribution in [3.05, 3.63) is 102 Å². The average molecular weight is 453 g/mol. The van der Waals surface area contributed by atoms with Gasteiger partial charge in [0.2, 0.25) is 0 Å². The summed E-state index contributed by atoms with van der Waals surface area (Å²) < 4.78 is 11.2. The van der Waals surface area contributed by atoms with Gasteiger partial charge in [0.15, 0.2) is 11.6 Å². The van der Waals surface area contributed by atoms with E-state index in [-0.39, 0.29) is 18.0 Å². The van der Waals surface area contributed by atoms with E-state index in [1.165, 1.54) is 12.2 Å². The zero-order valence-electron chi connectivity index (χ0n) is 18.7. The van der Waals surface area contributed by atoms with Crippen molar-refractivity contribution in [2.75, 3.05) is 7.11 Å². The molecule has 1 N–H and O–H groups in total. The van der Waals surface area contributed by atoms with Gasteiger partial charge in [0, 0.05) is 29.5 Å². The Kier molecular flexibility index (Phi) is 7.30. The second kappa shape index (κ2) is 10.9. The van der Waals surface area contributed by atoms with Crippen LogP contribution in [0.25, 0.3) is 23.1 Å². The van der Waals surface area contributed by atoms with Crippen LogP contribution in [-0.2, 0) is 16.2 Å². The zero-order valence-corrected chi connectivity index (χ0v) is 18.7. The van der Waals surface area contributed by atoms with Gasteiger partial charge in [0.25, 0.3) is 0 Å². The van der Waals surface area contributed by atoms with Crippen molar-refractivity contribution in [3.8, 4) is 11.5 Å². The molecule has 0 unspecified atom stereocenters. The fraction of sp³-hybridized carbons (Fsp3) is 0.107. The highest BCUT2D eigenvalue weighted by Crippen LogP contribution is 2.26. The second-order valence-electron chi connectivity index (χ2n) is 7.61. The van der Waals surface area contributed by atoms with Gasteiger partial charge in [-0.15, -0.1) is 0 Å². The highest BCUT2D eigenvalue weighted by Gasteiger charge is 2.07. The normalized spacial score (nSPS) is 11.3. The van der Waals surface area contributed by atoms with Gasteiger partial charge >= 0.3 is 0 Å². The van der Waals surface area contributed by atoms with Crippen LogP contribution in [-0.4, -0.2) is 28.6 Å². The van der Waals surface area contributed by atoms with Gasteiger partial charge in [-0.1, -0.05) is 18.2 Å². The molecule has 6 heteroatoms. The van der Waals surface area contributed by atoms with E-state index >= 15 is 0 Å². The minimum atomic E-state index is -0.284. The molecular weight excluding hydrogens is 428 g/mol. The Labute approximate surface area is 197 Å². The maximum absolute atomic E-state index is 12.3. The van der Waals surface area contributed by atoms with Crippen molar-refractivity contribution in [2.24, 2.45) is 0 Å². The van der Waals surface area contributed by atoms with Crippen LogP contribution in [0.2, 0.25) is 0 Å². The maximum Gasteiger partial charge on any atom is 0.163 e. The standard InChI is InChI=1S/C28H24N2O4/c1-33-28-18-26(34-19-23-4-2-3-14-29-23)11-8-21(28)7-10-25(32)17-24(31)9-5-20-6-12-27-22(16-20)13-15-30-27/h2-16,18,30H,17,19H2,1H3/b9-5+,10-7+. The summed E-state index contributed by atoms with van der Waals surface area (Å²) in [6.45, 7) is 0.340. The van der Waals surface area contributed by atoms with Gasteiger partial charge in [-0.25, -0.2) is 0 Å². The number of carbonyl (C=O) groups is 2. The second-order valence-corrected chi connectivity index (χ2v) is 7.61. The largest absolute Gasteiger partial charge is 0.496 e. The van der Waals surface area contributed by atoms with Crippen LogP contribution in [0, 0.1) is 0 Å². The predicted molar refractivity (Wildman–Crippen MR) is 133 cm³/mol. The molecule has 0 fully saturated rings. The number of nitrogens with one attached hydrogen (secondary N) is 1. The number of aromatic nitrogens is 2. The van der Waals surface area contributed by atoms with E-state index in [0.29, 0.717) is 23.7 Å². The number of ether oxygens (including phenoxy) is 2. The van der Waals surface area contributed by atoms with Crippen molar-refractivity contribution in [2.45, 2.75) is 13.0 Å². The number of benzene rings is 2. The van der Waals surface area contributed by atoms with E-state index in [0.717, 1.165) is 22.2 Å². The number of ketones is 2. The highest BCUT2D eigenvalue weighted by atomic mass is 16.5. The summed E-state index contributed by atoms with van der Waals surface area (Å²) in [6, 6.07) is 18.8. The molecule has 0 saturated heterocycles. The van der Waals surface area contributed by atoms with Crippen molar-refractivity contribution < 1.29 is 19.1 Å². The Morgan fingerprint density at radius 2 is 1.82 bits per heavy atom. The lowest BCUT2D eigenvalue weighted by Crippen LogP contribution is -2.02. The van der Waals surface area contributed by atoms with Crippen LogP contribution in [0.4, 0.5) is 0 Å². The summed E-state index contributed by atoms with van der Waals surface area (Å²) >= 11 is 0. The molecule has 4 aromatic rings. The molecule has 0 radical (unpaired) electrons. The minimum absolute atomic E-state index is 0.201. The zero-order chi connectivity index (χ0) is 23.8. The monoisotopic (exact) mass is 452 g/mol. The van der Waals surface area contributed by atoms with Gasteiger partial charge < -0.3 is 14.5 Å². The number of allylic oxidation sites excluding steroid dienone is 2. The summed E-state index contributed by atoms with van der Waals surface area (Å²) in [5, 5.41) is 1.07. The number of nitrogens with zero attached hydrogens (tertiary/aromatic N) is 1. The summed E-state index contributed by atoms with van der Waals surface area (Å²) in [6.07, 6.45) is 9.57. The van der Waals surface area contributed by atoms with E-state index in [4.69, 9.17) is 9.47 Å². The number of rotatable bonds is 10. The van der Waals surface area contributed by atoms with Crippen molar-refractivity contribution >= 4 is 34.6 Å². The van der Waals surface area contributed by atoms with E-state index in [2.05, 4.69) is 9.97 Å². The summed E-state index contributed by atoms with van der Waals surface area (Å²) in [5.41, 5.74) is 3.47. The number of hydrogen-bond acceptors (Lipinski definition) is 5. The first kappa shape index (κ1) is 22.7. The Morgan fingerprint density at radius 1 is 0.971 bits per heavy atom. The number of carbonyl (C=O) groups excluding carboxylic acids is 2. The summed E-state index contributed by atoms with van der Waals surface area (Å²) in [5.74, 6) is 0.653.